The minimum Gasteiger partial charge on any atom is -0.351 e. The molecular weight excluding hydrogens is 286 g/mol. The number of alkyl halides is 1. The minimum absolute atomic E-state index is 0.126. The van der Waals surface area contributed by atoms with Crippen LogP contribution >= 0.6 is 11.6 Å². The Kier molecular flexibility index (Phi) is 5.65. The van der Waals surface area contributed by atoms with Crippen molar-refractivity contribution in [3.63, 3.8) is 0 Å². The lowest BCUT2D eigenvalue weighted by molar-refractivity contribution is -0.117. The van der Waals surface area contributed by atoms with Crippen molar-refractivity contribution in [2.24, 2.45) is 0 Å². The molecule has 1 amide bonds. The first kappa shape index (κ1) is 15.4. The molecule has 1 N–H and O–H groups in total. The molecule has 2 rings (SSSR count). The zero-order valence-electron chi connectivity index (χ0n) is 11.8. The zero-order chi connectivity index (χ0) is 15.1. The van der Waals surface area contributed by atoms with E-state index in [1.165, 1.54) is 5.56 Å². The molecular formula is C16H18ClN3O. The highest BCUT2D eigenvalue weighted by atomic mass is 35.5. The summed E-state index contributed by atoms with van der Waals surface area (Å²) in [6, 6.07) is 10.1. The molecule has 0 aromatic heterocycles. The van der Waals surface area contributed by atoms with Crippen LogP contribution in [0.1, 0.15) is 18.4 Å². The van der Waals surface area contributed by atoms with Crippen molar-refractivity contribution in [2.45, 2.75) is 19.3 Å². The van der Waals surface area contributed by atoms with Gasteiger partial charge in [0.2, 0.25) is 0 Å². The van der Waals surface area contributed by atoms with Crippen LogP contribution in [0.15, 0.2) is 36.0 Å². The van der Waals surface area contributed by atoms with E-state index in [4.69, 9.17) is 11.6 Å². The molecule has 1 aromatic rings. The molecule has 0 saturated carbocycles. The van der Waals surface area contributed by atoms with Gasteiger partial charge in [0.1, 0.15) is 11.6 Å². The van der Waals surface area contributed by atoms with Crippen LogP contribution < -0.4 is 10.2 Å². The Morgan fingerprint density at radius 1 is 1.48 bits per heavy atom. The number of hydrogen-bond acceptors (Lipinski definition) is 3. The van der Waals surface area contributed by atoms with Gasteiger partial charge >= 0.3 is 0 Å². The van der Waals surface area contributed by atoms with E-state index >= 15 is 0 Å². The SMILES string of the molecule is N#C/C(=C/N1CCCc2ccccc21)C(=O)NCCCCl. The highest BCUT2D eigenvalue weighted by Crippen LogP contribution is 2.27. The highest BCUT2D eigenvalue weighted by Gasteiger charge is 2.17. The lowest BCUT2D eigenvalue weighted by Crippen LogP contribution is -2.29. The number of benzene rings is 1. The lowest BCUT2D eigenvalue weighted by atomic mass is 10.0. The maximum atomic E-state index is 12.0. The number of halogens is 1. The third-order valence-electron chi connectivity index (χ3n) is 3.39. The molecule has 1 aliphatic rings. The number of nitriles is 1. The number of para-hydroxylation sites is 1. The summed E-state index contributed by atoms with van der Waals surface area (Å²) in [4.78, 5) is 13.9. The maximum Gasteiger partial charge on any atom is 0.263 e. The van der Waals surface area contributed by atoms with E-state index in [9.17, 15) is 10.1 Å². The first-order chi connectivity index (χ1) is 10.3. The van der Waals surface area contributed by atoms with Crippen molar-refractivity contribution in [1.82, 2.24) is 5.32 Å². The quantitative estimate of drug-likeness (QED) is 0.394. The molecule has 0 bridgehead atoms. The number of hydrogen-bond donors (Lipinski definition) is 1. The van der Waals surface area contributed by atoms with Crippen LogP contribution in [-0.4, -0.2) is 24.9 Å². The number of carbonyl (C=O) groups excluding carboxylic acids is 1. The largest absolute Gasteiger partial charge is 0.351 e. The average molecular weight is 304 g/mol. The molecule has 0 spiro atoms. The van der Waals surface area contributed by atoms with Gasteiger partial charge < -0.3 is 10.2 Å². The van der Waals surface area contributed by atoms with Crippen LogP contribution in [0.5, 0.6) is 0 Å². The molecule has 0 aliphatic carbocycles. The molecule has 0 unspecified atom stereocenters. The van der Waals surface area contributed by atoms with Gasteiger partial charge in [-0.05, 0) is 30.9 Å². The number of fused-ring (bicyclic) bond motifs is 1. The van der Waals surface area contributed by atoms with Gasteiger partial charge in [-0.15, -0.1) is 11.6 Å². The van der Waals surface area contributed by atoms with Gasteiger partial charge in [0.05, 0.1) is 0 Å². The minimum atomic E-state index is -0.342. The normalized spacial score (nSPS) is 14.3. The van der Waals surface area contributed by atoms with Crippen molar-refractivity contribution in [1.29, 1.82) is 5.26 Å². The Balaban J connectivity index is 2.14. The second-order valence-electron chi connectivity index (χ2n) is 4.88. The van der Waals surface area contributed by atoms with E-state index in [0.717, 1.165) is 25.1 Å². The number of rotatable bonds is 5. The molecule has 110 valence electrons. The molecule has 0 fully saturated rings. The van der Waals surface area contributed by atoms with Gasteiger partial charge in [0.25, 0.3) is 5.91 Å². The third-order valence-corrected chi connectivity index (χ3v) is 3.66. The van der Waals surface area contributed by atoms with Crippen LogP contribution in [0, 0.1) is 11.3 Å². The van der Waals surface area contributed by atoms with Crippen LogP contribution in [0.2, 0.25) is 0 Å². The number of nitrogens with zero attached hydrogens (tertiary/aromatic N) is 2. The number of nitrogens with one attached hydrogen (secondary N) is 1. The van der Waals surface area contributed by atoms with Crippen molar-refractivity contribution in [3.8, 4) is 6.07 Å². The van der Waals surface area contributed by atoms with Gasteiger partial charge in [-0.25, -0.2) is 0 Å². The van der Waals surface area contributed by atoms with Crippen molar-refractivity contribution >= 4 is 23.2 Å². The summed E-state index contributed by atoms with van der Waals surface area (Å²) in [5.74, 6) is 0.149. The Morgan fingerprint density at radius 2 is 2.29 bits per heavy atom. The summed E-state index contributed by atoms with van der Waals surface area (Å²) in [6.07, 6.45) is 4.39. The molecule has 1 heterocycles. The summed E-state index contributed by atoms with van der Waals surface area (Å²) in [5, 5.41) is 11.9. The van der Waals surface area contributed by atoms with Gasteiger partial charge in [0, 0.05) is 30.9 Å². The van der Waals surface area contributed by atoms with Crippen LogP contribution in [0.25, 0.3) is 0 Å². The summed E-state index contributed by atoms with van der Waals surface area (Å²) >= 11 is 5.57. The molecule has 4 nitrogen and oxygen atoms in total. The Morgan fingerprint density at radius 3 is 3.05 bits per heavy atom. The molecule has 21 heavy (non-hydrogen) atoms. The standard InChI is InChI=1S/C16H18ClN3O/c17-8-4-9-19-16(21)14(11-18)12-20-10-3-6-13-5-1-2-7-15(13)20/h1-2,5,7,12H,3-4,6,8-10H2,(H,19,21)/b14-12-. The molecule has 5 heteroatoms. The highest BCUT2D eigenvalue weighted by molar-refractivity contribution is 6.17. The van der Waals surface area contributed by atoms with Crippen molar-refractivity contribution in [3.05, 3.63) is 41.6 Å². The molecule has 0 radical (unpaired) electrons. The second-order valence-corrected chi connectivity index (χ2v) is 5.26. The van der Waals surface area contributed by atoms with Crippen LogP contribution in [-0.2, 0) is 11.2 Å². The summed E-state index contributed by atoms with van der Waals surface area (Å²) in [5.41, 5.74) is 2.45. The number of carbonyl (C=O) groups is 1. The van der Waals surface area contributed by atoms with Gasteiger partial charge in [-0.2, -0.15) is 5.26 Å². The van der Waals surface area contributed by atoms with E-state index in [1.807, 2.05) is 29.2 Å². The predicted molar refractivity (Wildman–Crippen MR) is 84.2 cm³/mol. The van der Waals surface area contributed by atoms with Crippen LogP contribution in [0.4, 0.5) is 5.69 Å². The fourth-order valence-electron chi connectivity index (χ4n) is 2.35. The zero-order valence-corrected chi connectivity index (χ0v) is 12.6. The fourth-order valence-corrected chi connectivity index (χ4v) is 2.49. The van der Waals surface area contributed by atoms with Gasteiger partial charge in [-0.1, -0.05) is 18.2 Å². The van der Waals surface area contributed by atoms with Crippen LogP contribution in [0.3, 0.4) is 0 Å². The summed E-state index contributed by atoms with van der Waals surface area (Å²) in [6.45, 7) is 1.30. The summed E-state index contributed by atoms with van der Waals surface area (Å²) in [7, 11) is 0. The van der Waals surface area contributed by atoms with Gasteiger partial charge in [-0.3, -0.25) is 4.79 Å². The molecule has 1 aromatic carbocycles. The number of anilines is 1. The molecule has 0 atom stereocenters. The molecule has 1 aliphatic heterocycles. The van der Waals surface area contributed by atoms with E-state index in [2.05, 4.69) is 11.4 Å². The Bertz CT molecular complexity index is 577. The van der Waals surface area contributed by atoms with E-state index in [0.29, 0.717) is 18.8 Å². The first-order valence-electron chi connectivity index (χ1n) is 7.07. The Hall–Kier alpha value is -1.99. The Labute approximate surface area is 130 Å². The topological polar surface area (TPSA) is 56.1 Å². The summed E-state index contributed by atoms with van der Waals surface area (Å²) < 4.78 is 0. The average Bonchev–Trinajstić information content (AvgIpc) is 2.52. The molecule has 0 saturated heterocycles. The monoisotopic (exact) mass is 303 g/mol. The van der Waals surface area contributed by atoms with Gasteiger partial charge in [0.15, 0.2) is 0 Å². The van der Waals surface area contributed by atoms with E-state index in [-0.39, 0.29) is 11.5 Å². The first-order valence-corrected chi connectivity index (χ1v) is 7.60. The van der Waals surface area contributed by atoms with E-state index in [1.54, 1.807) is 6.20 Å². The smallest absolute Gasteiger partial charge is 0.263 e. The third kappa shape index (κ3) is 3.99. The van der Waals surface area contributed by atoms with E-state index < -0.39 is 0 Å². The predicted octanol–water partition coefficient (Wildman–Crippen LogP) is 2.59. The lowest BCUT2D eigenvalue weighted by Gasteiger charge is -2.28. The number of amides is 1. The fraction of sp³-hybridized carbons (Fsp3) is 0.375. The number of aryl methyl sites for hydroxylation is 1. The van der Waals surface area contributed by atoms with Crippen molar-refractivity contribution in [2.75, 3.05) is 23.9 Å². The second kappa shape index (κ2) is 7.70. The van der Waals surface area contributed by atoms with Crippen molar-refractivity contribution < 1.29 is 4.79 Å². The maximum absolute atomic E-state index is 12.0.